The van der Waals surface area contributed by atoms with Gasteiger partial charge in [0, 0.05) is 0 Å². The summed E-state index contributed by atoms with van der Waals surface area (Å²) < 4.78 is 0. The zero-order valence-corrected chi connectivity index (χ0v) is 20.1. The molecule has 2 rings (SSSR count). The van der Waals surface area contributed by atoms with Crippen LogP contribution < -0.4 is 0 Å². The van der Waals surface area contributed by atoms with Crippen molar-refractivity contribution >= 4 is 0 Å². The summed E-state index contributed by atoms with van der Waals surface area (Å²) >= 11 is 0. The zero-order valence-electron chi connectivity index (χ0n) is 17.7. The van der Waals surface area contributed by atoms with Gasteiger partial charge in [-0.25, -0.2) is 24.3 Å². The molecule has 2 aromatic carbocycles. The molecule has 0 spiro atoms. The van der Waals surface area contributed by atoms with Crippen LogP contribution >= 0.6 is 0 Å². The molecule has 0 bridgehead atoms. The number of aryl methyl sites for hydroxylation is 4. The fraction of sp³-hybridized carbons (Fsp3) is 0.545. The van der Waals surface area contributed by atoms with Gasteiger partial charge in [0.05, 0.1) is 0 Å². The second-order valence-corrected chi connectivity index (χ2v) is 5.50. The molecule has 0 saturated carbocycles. The van der Waals surface area contributed by atoms with E-state index < -0.39 is 0 Å². The zero-order chi connectivity index (χ0) is 18.8. The quantitative estimate of drug-likeness (QED) is 0.483. The molecule has 3 heteroatoms. The topological polar surface area (TPSA) is 28.2 Å². The fourth-order valence-electron chi connectivity index (χ4n) is 1.65. The van der Waals surface area contributed by atoms with Crippen molar-refractivity contribution in [1.82, 2.24) is 0 Å². The largest absolute Gasteiger partial charge is 4.00 e. The van der Waals surface area contributed by atoms with Crippen LogP contribution in [0.25, 0.3) is 10.6 Å². The van der Waals surface area contributed by atoms with E-state index >= 15 is 0 Å². The molecule has 140 valence electrons. The van der Waals surface area contributed by atoms with Crippen molar-refractivity contribution in [3.05, 3.63) is 69.3 Å². The molecule has 2 aromatic rings. The van der Waals surface area contributed by atoms with Crippen LogP contribution in [0, 0.1) is 27.7 Å². The Labute approximate surface area is 176 Å². The van der Waals surface area contributed by atoms with Gasteiger partial charge >= 0.3 is 26.2 Å². The van der Waals surface area contributed by atoms with E-state index in [1.807, 2.05) is 27.7 Å². The van der Waals surface area contributed by atoms with Gasteiger partial charge in [0.15, 0.2) is 0 Å². The van der Waals surface area contributed by atoms with Crippen molar-refractivity contribution in [2.45, 2.75) is 55.4 Å². The molecular formula is C22H38N2Zr. The van der Waals surface area contributed by atoms with Gasteiger partial charge in [0.25, 0.3) is 0 Å². The Balaban J connectivity index is -0.000000259. The fourth-order valence-corrected chi connectivity index (χ4v) is 1.65. The molecule has 0 aromatic heterocycles. The van der Waals surface area contributed by atoms with Crippen LogP contribution in [0.3, 0.4) is 0 Å². The van der Waals surface area contributed by atoms with E-state index in [0.29, 0.717) is 0 Å². The average Bonchev–Trinajstić information content (AvgIpc) is 3.11. The van der Waals surface area contributed by atoms with Crippen molar-refractivity contribution in [3.63, 3.8) is 0 Å². The van der Waals surface area contributed by atoms with Crippen LogP contribution in [0.5, 0.6) is 0 Å². The van der Waals surface area contributed by atoms with E-state index in [2.05, 4.69) is 74.7 Å². The Morgan fingerprint density at radius 3 is 1.00 bits per heavy atom. The summed E-state index contributed by atoms with van der Waals surface area (Å²) in [4.78, 5) is 0. The van der Waals surface area contributed by atoms with E-state index in [9.17, 15) is 0 Å². The van der Waals surface area contributed by atoms with E-state index in [1.165, 1.54) is 22.3 Å². The predicted molar refractivity (Wildman–Crippen MR) is 112 cm³/mol. The van der Waals surface area contributed by atoms with Gasteiger partial charge in [-0.05, 0) is 0 Å². The van der Waals surface area contributed by atoms with Gasteiger partial charge in [-0.2, -0.15) is 60.6 Å². The third-order valence-electron chi connectivity index (χ3n) is 3.52. The van der Waals surface area contributed by atoms with Crippen molar-refractivity contribution in [2.75, 3.05) is 26.2 Å². The molecular weight excluding hydrogens is 383 g/mol. The number of rotatable bonds is 4. The molecule has 0 atom stereocenters. The molecule has 0 heterocycles. The maximum absolute atomic E-state index is 3.97. The molecule has 2 nitrogen and oxygen atoms in total. The second kappa shape index (κ2) is 21.5. The maximum Gasteiger partial charge on any atom is 4.00 e. The molecule has 0 aliphatic rings. The Morgan fingerprint density at radius 2 is 0.960 bits per heavy atom. The summed E-state index contributed by atoms with van der Waals surface area (Å²) in [6.45, 7) is 20.5. The molecule has 0 N–H and O–H groups in total. The average molecular weight is 422 g/mol. The van der Waals surface area contributed by atoms with Crippen LogP contribution in [0.15, 0.2) is 36.4 Å². The van der Waals surface area contributed by atoms with Gasteiger partial charge in [-0.1, -0.05) is 55.4 Å². The third kappa shape index (κ3) is 19.7. The van der Waals surface area contributed by atoms with Gasteiger partial charge in [0.2, 0.25) is 0 Å². The van der Waals surface area contributed by atoms with Gasteiger partial charge in [-0.15, -0.1) is 0 Å². The molecule has 0 unspecified atom stereocenters. The minimum atomic E-state index is 0. The summed E-state index contributed by atoms with van der Waals surface area (Å²) in [7, 11) is 0. The van der Waals surface area contributed by atoms with Gasteiger partial charge < -0.3 is 10.6 Å². The van der Waals surface area contributed by atoms with Crippen molar-refractivity contribution in [3.8, 4) is 0 Å². The van der Waals surface area contributed by atoms with Crippen molar-refractivity contribution < 1.29 is 26.2 Å². The van der Waals surface area contributed by atoms with Crippen molar-refractivity contribution in [2.24, 2.45) is 0 Å². The Bertz CT molecular complexity index is 391. The second-order valence-electron chi connectivity index (χ2n) is 5.50. The molecule has 0 radical (unpaired) electrons. The maximum atomic E-state index is 3.97. The molecule has 0 aliphatic carbocycles. The first kappa shape index (κ1) is 29.3. The van der Waals surface area contributed by atoms with Crippen LogP contribution in [0.1, 0.15) is 49.9 Å². The molecule has 0 fully saturated rings. The van der Waals surface area contributed by atoms with E-state index in [-0.39, 0.29) is 26.2 Å². The SMILES string of the molecule is CC[N-]CC.CC[N-]CC.Cc1ccc[c-]1C.Cc1ccc[c-]1C.[Zr+4]. The third-order valence-corrected chi connectivity index (χ3v) is 3.52. The van der Waals surface area contributed by atoms with E-state index in [1.54, 1.807) is 0 Å². The summed E-state index contributed by atoms with van der Waals surface area (Å²) in [5.74, 6) is 0. The minimum absolute atomic E-state index is 0. The first-order valence-corrected chi connectivity index (χ1v) is 9.08. The van der Waals surface area contributed by atoms with Gasteiger partial charge in [-0.3, -0.25) is 0 Å². The Kier molecular flexibility index (Phi) is 25.2. The summed E-state index contributed by atoms with van der Waals surface area (Å²) in [5, 5.41) is 7.94. The molecule has 0 amide bonds. The first-order chi connectivity index (χ1) is 11.4. The van der Waals surface area contributed by atoms with Crippen LogP contribution in [-0.2, 0) is 26.2 Å². The van der Waals surface area contributed by atoms with Crippen LogP contribution in [0.4, 0.5) is 0 Å². The van der Waals surface area contributed by atoms with E-state index in [4.69, 9.17) is 0 Å². The summed E-state index contributed by atoms with van der Waals surface area (Å²) in [6, 6.07) is 12.6. The minimum Gasteiger partial charge on any atom is -0.663 e. The Morgan fingerprint density at radius 1 is 0.680 bits per heavy atom. The van der Waals surface area contributed by atoms with Crippen LogP contribution in [0.2, 0.25) is 0 Å². The summed E-state index contributed by atoms with van der Waals surface area (Å²) in [5.41, 5.74) is 5.56. The monoisotopic (exact) mass is 420 g/mol. The van der Waals surface area contributed by atoms with Gasteiger partial charge in [0.1, 0.15) is 0 Å². The number of nitrogens with zero attached hydrogens (tertiary/aromatic N) is 2. The normalized spacial score (nSPS) is 8.64. The first-order valence-electron chi connectivity index (χ1n) is 9.08. The van der Waals surface area contributed by atoms with E-state index in [0.717, 1.165) is 26.2 Å². The Hall–Kier alpha value is -0.497. The molecule has 25 heavy (non-hydrogen) atoms. The molecule has 0 aliphatic heterocycles. The molecule has 0 saturated heterocycles. The smallest absolute Gasteiger partial charge is 0.663 e. The van der Waals surface area contributed by atoms with Crippen molar-refractivity contribution in [1.29, 1.82) is 0 Å². The number of hydrogen-bond acceptors (Lipinski definition) is 0. The number of hydrogen-bond donors (Lipinski definition) is 0. The predicted octanol–water partition coefficient (Wildman–Crippen LogP) is 6.84. The summed E-state index contributed by atoms with van der Waals surface area (Å²) in [6.07, 6.45) is 0. The standard InChI is InChI=1S/2C7H9.2C4H10N.Zr/c2*1-6-4-3-5-7(6)2;2*1-3-5-4-2;/h2*3-5H,1-2H3;2*3-4H2,1-2H3;/q4*-1;+4. The van der Waals surface area contributed by atoms with Crippen LogP contribution in [-0.4, -0.2) is 26.2 Å².